The molecule has 2 aliphatic heterocycles. The average molecular weight is 476 g/mol. The molecule has 0 atom stereocenters. The normalized spacial score (nSPS) is 14.1. The number of methoxy groups -OCH3 is 1. The van der Waals surface area contributed by atoms with Crippen LogP contribution in [0.15, 0.2) is 54.6 Å². The van der Waals surface area contributed by atoms with Gasteiger partial charge in [0.25, 0.3) is 17.7 Å². The van der Waals surface area contributed by atoms with Crippen molar-refractivity contribution >= 4 is 35.1 Å². The molecule has 5 rings (SSSR count). The Bertz CT molecular complexity index is 1590. The van der Waals surface area contributed by atoms with Crippen molar-refractivity contribution in [3.05, 3.63) is 93.5 Å². The molecule has 8 nitrogen and oxygen atoms in total. The van der Waals surface area contributed by atoms with Crippen LogP contribution in [0.1, 0.15) is 58.1 Å². The van der Waals surface area contributed by atoms with Gasteiger partial charge in [0.2, 0.25) is 0 Å². The van der Waals surface area contributed by atoms with Gasteiger partial charge in [-0.2, -0.15) is 5.06 Å². The van der Waals surface area contributed by atoms with Gasteiger partial charge in [-0.3, -0.25) is 19.2 Å². The summed E-state index contributed by atoms with van der Waals surface area (Å²) in [7, 11) is 1.19. The van der Waals surface area contributed by atoms with Crippen molar-refractivity contribution in [2.75, 3.05) is 17.1 Å². The minimum atomic E-state index is -0.729. The number of esters is 1. The highest BCUT2D eigenvalue weighted by Gasteiger charge is 2.38. The number of hydroxylamine groups is 1. The molecule has 0 saturated carbocycles. The first-order valence-electron chi connectivity index (χ1n) is 10.7. The average Bonchev–Trinajstić information content (AvgIpc) is 3.16. The number of imide groups is 1. The Labute approximate surface area is 206 Å². The van der Waals surface area contributed by atoms with Gasteiger partial charge >= 0.3 is 5.97 Å². The number of nitrogens with zero attached hydrogens (tertiary/aromatic N) is 2. The Hall–Kier alpha value is -5.18. The first kappa shape index (κ1) is 22.6. The van der Waals surface area contributed by atoms with Crippen LogP contribution in [0, 0.1) is 24.7 Å². The Kier molecular flexibility index (Phi) is 5.37. The van der Waals surface area contributed by atoms with Crippen molar-refractivity contribution in [1.82, 2.24) is 0 Å². The minimum absolute atomic E-state index is 0.00995. The third-order valence-electron chi connectivity index (χ3n) is 5.91. The lowest BCUT2D eigenvalue weighted by Crippen LogP contribution is -2.36. The molecule has 0 bridgehead atoms. The van der Waals surface area contributed by atoms with Crippen LogP contribution in [0.3, 0.4) is 0 Å². The van der Waals surface area contributed by atoms with Crippen molar-refractivity contribution in [3.63, 3.8) is 0 Å². The van der Waals surface area contributed by atoms with Crippen LogP contribution < -0.4 is 9.96 Å². The first-order valence-corrected chi connectivity index (χ1v) is 10.7. The first-order chi connectivity index (χ1) is 17.4. The third kappa shape index (κ3) is 3.50. The standard InChI is InChI=1S/C28H16N2O6/c1-4-16-6-8-22-19(10-16)15-36-30(27(22)33)21-13-18(28(34)35-3)12-20(14-21)29-25(31)23-9-7-17(5-2)11-24(23)26(29)32/h1-2,6-14H,15H2,3H3. The summed E-state index contributed by atoms with van der Waals surface area (Å²) in [5.74, 6) is 2.51. The van der Waals surface area contributed by atoms with E-state index in [2.05, 4.69) is 11.8 Å². The van der Waals surface area contributed by atoms with Crippen molar-refractivity contribution in [3.8, 4) is 24.7 Å². The van der Waals surface area contributed by atoms with Gasteiger partial charge in [-0.25, -0.2) is 9.69 Å². The van der Waals surface area contributed by atoms with E-state index in [1.807, 2.05) is 0 Å². The number of hydrogen-bond donors (Lipinski definition) is 0. The fourth-order valence-electron chi connectivity index (χ4n) is 4.15. The molecule has 3 amide bonds. The summed E-state index contributed by atoms with van der Waals surface area (Å²) < 4.78 is 4.84. The topological polar surface area (TPSA) is 93.2 Å². The molecule has 0 aliphatic carbocycles. The molecule has 0 fully saturated rings. The molecular weight excluding hydrogens is 460 g/mol. The second-order valence-electron chi connectivity index (χ2n) is 7.97. The zero-order valence-electron chi connectivity index (χ0n) is 18.9. The van der Waals surface area contributed by atoms with Crippen molar-refractivity contribution < 1.29 is 28.8 Å². The molecule has 0 spiro atoms. The molecule has 0 radical (unpaired) electrons. The number of amides is 3. The van der Waals surface area contributed by atoms with Crippen LogP contribution in [0.5, 0.6) is 0 Å². The molecule has 8 heteroatoms. The molecule has 36 heavy (non-hydrogen) atoms. The molecule has 174 valence electrons. The van der Waals surface area contributed by atoms with E-state index in [4.69, 9.17) is 22.4 Å². The number of benzene rings is 3. The Morgan fingerprint density at radius 2 is 1.47 bits per heavy atom. The van der Waals surface area contributed by atoms with Gasteiger partial charge in [0.1, 0.15) is 6.61 Å². The highest BCUT2D eigenvalue weighted by atomic mass is 16.7. The van der Waals surface area contributed by atoms with Gasteiger partial charge < -0.3 is 4.74 Å². The zero-order valence-corrected chi connectivity index (χ0v) is 18.9. The fraction of sp³-hybridized carbons (Fsp3) is 0.0714. The van der Waals surface area contributed by atoms with Gasteiger partial charge in [0.15, 0.2) is 0 Å². The smallest absolute Gasteiger partial charge is 0.338 e. The van der Waals surface area contributed by atoms with E-state index in [0.29, 0.717) is 22.3 Å². The van der Waals surface area contributed by atoms with Crippen LogP contribution in [0.4, 0.5) is 11.4 Å². The van der Waals surface area contributed by atoms with E-state index < -0.39 is 23.7 Å². The second kappa shape index (κ2) is 8.55. The number of terminal acetylenes is 2. The maximum atomic E-state index is 13.2. The summed E-state index contributed by atoms with van der Waals surface area (Å²) in [4.78, 5) is 58.6. The number of ether oxygens (including phenoxy) is 1. The van der Waals surface area contributed by atoms with Crippen molar-refractivity contribution in [2.45, 2.75) is 6.61 Å². The van der Waals surface area contributed by atoms with Gasteiger partial charge in [0.05, 0.1) is 35.2 Å². The third-order valence-corrected chi connectivity index (χ3v) is 5.91. The van der Waals surface area contributed by atoms with Crippen LogP contribution in [0.25, 0.3) is 0 Å². The molecule has 0 aromatic heterocycles. The summed E-state index contributed by atoms with van der Waals surface area (Å²) in [6.07, 6.45) is 10.9. The predicted molar refractivity (Wildman–Crippen MR) is 129 cm³/mol. The summed E-state index contributed by atoms with van der Waals surface area (Å²) in [5, 5.41) is 1.00. The van der Waals surface area contributed by atoms with E-state index in [1.54, 1.807) is 24.3 Å². The SMILES string of the molecule is C#Cc1ccc2c(c1)CON(c1cc(C(=O)OC)cc(N3C(=O)c4ccc(C#C)cc4C3=O)c1)C2=O. The Balaban J connectivity index is 1.59. The van der Waals surface area contributed by atoms with Crippen LogP contribution in [-0.2, 0) is 16.2 Å². The molecule has 0 N–H and O–H groups in total. The van der Waals surface area contributed by atoms with Crippen LogP contribution >= 0.6 is 0 Å². The molecule has 3 aromatic rings. The molecule has 0 saturated heterocycles. The number of anilines is 2. The van der Waals surface area contributed by atoms with E-state index in [9.17, 15) is 19.2 Å². The van der Waals surface area contributed by atoms with E-state index >= 15 is 0 Å². The van der Waals surface area contributed by atoms with E-state index in [-0.39, 0.29) is 34.7 Å². The molecule has 2 heterocycles. The van der Waals surface area contributed by atoms with Crippen LogP contribution in [0.2, 0.25) is 0 Å². The number of fused-ring (bicyclic) bond motifs is 2. The van der Waals surface area contributed by atoms with E-state index in [0.717, 1.165) is 9.96 Å². The van der Waals surface area contributed by atoms with Crippen molar-refractivity contribution in [2.24, 2.45) is 0 Å². The highest BCUT2D eigenvalue weighted by molar-refractivity contribution is 6.34. The number of rotatable bonds is 3. The lowest BCUT2D eigenvalue weighted by molar-refractivity contribution is 0.0527. The quantitative estimate of drug-likeness (QED) is 0.327. The molecular formula is C28H16N2O6. The van der Waals surface area contributed by atoms with Crippen molar-refractivity contribution in [1.29, 1.82) is 0 Å². The Morgan fingerprint density at radius 1 is 0.833 bits per heavy atom. The van der Waals surface area contributed by atoms with Gasteiger partial charge in [0, 0.05) is 16.7 Å². The van der Waals surface area contributed by atoms with Crippen LogP contribution in [-0.4, -0.2) is 30.8 Å². The second-order valence-corrected chi connectivity index (χ2v) is 7.97. The monoisotopic (exact) mass is 476 g/mol. The maximum absolute atomic E-state index is 13.2. The molecule has 2 aliphatic rings. The Morgan fingerprint density at radius 3 is 2.17 bits per heavy atom. The van der Waals surface area contributed by atoms with Gasteiger partial charge in [-0.05, 0) is 60.2 Å². The summed E-state index contributed by atoms with van der Waals surface area (Å²) in [5.41, 5.74) is 2.55. The van der Waals surface area contributed by atoms with E-state index in [1.165, 1.54) is 37.4 Å². The predicted octanol–water partition coefficient (Wildman–Crippen LogP) is 3.33. The zero-order chi connectivity index (χ0) is 25.6. The number of hydrogen-bond acceptors (Lipinski definition) is 6. The lowest BCUT2D eigenvalue weighted by Gasteiger charge is -2.29. The lowest BCUT2D eigenvalue weighted by atomic mass is 10.0. The van der Waals surface area contributed by atoms with Gasteiger partial charge in [-0.1, -0.05) is 11.8 Å². The maximum Gasteiger partial charge on any atom is 0.338 e. The minimum Gasteiger partial charge on any atom is -0.465 e. The fourth-order valence-corrected chi connectivity index (χ4v) is 4.15. The summed E-state index contributed by atoms with van der Waals surface area (Å²) >= 11 is 0. The number of carbonyl (C=O) groups excluding carboxylic acids is 4. The number of carbonyl (C=O) groups is 4. The molecule has 0 unspecified atom stereocenters. The highest BCUT2D eigenvalue weighted by Crippen LogP contribution is 2.35. The molecule has 3 aromatic carbocycles. The summed E-state index contributed by atoms with van der Waals surface area (Å²) in [6, 6.07) is 13.5. The largest absolute Gasteiger partial charge is 0.465 e. The summed E-state index contributed by atoms with van der Waals surface area (Å²) in [6.45, 7) is 0.0380. The van der Waals surface area contributed by atoms with Gasteiger partial charge in [-0.15, -0.1) is 12.8 Å².